The molecule has 1 amide bonds. The van der Waals surface area contributed by atoms with E-state index in [4.69, 9.17) is 0 Å². The highest BCUT2D eigenvalue weighted by atomic mass is 16.2. The van der Waals surface area contributed by atoms with Crippen LogP contribution in [0, 0.1) is 6.92 Å². The summed E-state index contributed by atoms with van der Waals surface area (Å²) in [5.41, 5.74) is 0.644. The molecule has 128 valence electrons. The topological polar surface area (TPSA) is 96.8 Å². The Bertz CT molecular complexity index is 781. The number of hydrogen-bond donors (Lipinski definition) is 1. The zero-order valence-corrected chi connectivity index (χ0v) is 14.0. The van der Waals surface area contributed by atoms with Gasteiger partial charge in [0.1, 0.15) is 18.0 Å². The molecular formula is C16H22N6O2. The Morgan fingerprint density at radius 1 is 1.46 bits per heavy atom. The summed E-state index contributed by atoms with van der Waals surface area (Å²) in [7, 11) is 1.87. The molecule has 2 aromatic rings. The number of carbonyl (C=O) groups excluding carboxylic acids is 1. The van der Waals surface area contributed by atoms with Gasteiger partial charge in [0.15, 0.2) is 0 Å². The van der Waals surface area contributed by atoms with E-state index < -0.39 is 0 Å². The average Bonchev–Trinajstić information content (AvgIpc) is 2.97. The number of nitrogens with zero attached hydrogens (tertiary/aromatic N) is 5. The predicted octanol–water partition coefficient (Wildman–Crippen LogP) is 0.546. The molecule has 0 bridgehead atoms. The number of amides is 1. The second-order valence-electron chi connectivity index (χ2n) is 6.29. The minimum absolute atomic E-state index is 0.115. The van der Waals surface area contributed by atoms with Crippen molar-refractivity contribution in [3.05, 3.63) is 40.1 Å². The number of rotatable bonds is 4. The molecule has 1 atom stereocenters. The number of nitrogens with one attached hydrogen (secondary N) is 1. The van der Waals surface area contributed by atoms with Crippen LogP contribution in [0.2, 0.25) is 0 Å². The third-order valence-electron chi connectivity index (χ3n) is 4.44. The Labute approximate surface area is 139 Å². The van der Waals surface area contributed by atoms with Gasteiger partial charge in [0, 0.05) is 45.0 Å². The van der Waals surface area contributed by atoms with Crippen LogP contribution < -0.4 is 5.56 Å². The Balaban J connectivity index is 1.63. The van der Waals surface area contributed by atoms with Crippen LogP contribution in [0.5, 0.6) is 0 Å². The fourth-order valence-corrected chi connectivity index (χ4v) is 3.17. The lowest BCUT2D eigenvalue weighted by atomic mass is 9.94. The highest BCUT2D eigenvalue weighted by molar-refractivity contribution is 5.76. The molecule has 8 heteroatoms. The average molecular weight is 330 g/mol. The molecule has 0 unspecified atom stereocenters. The maximum Gasteiger partial charge on any atom is 0.251 e. The van der Waals surface area contributed by atoms with Crippen LogP contribution >= 0.6 is 0 Å². The van der Waals surface area contributed by atoms with E-state index in [0.29, 0.717) is 25.2 Å². The molecule has 3 heterocycles. The van der Waals surface area contributed by atoms with E-state index in [2.05, 4.69) is 20.2 Å². The van der Waals surface area contributed by atoms with Crippen molar-refractivity contribution in [2.45, 2.75) is 38.5 Å². The fourth-order valence-electron chi connectivity index (χ4n) is 3.17. The summed E-state index contributed by atoms with van der Waals surface area (Å²) in [5.74, 6) is 1.66. The molecule has 0 saturated carbocycles. The monoisotopic (exact) mass is 330 g/mol. The van der Waals surface area contributed by atoms with Gasteiger partial charge in [-0.2, -0.15) is 0 Å². The smallest absolute Gasteiger partial charge is 0.251 e. The standard InChI is InChI=1S/C16H22N6O2/c1-11-18-13(8-15(23)19-11)12-4-3-7-22(9-12)16(24)6-5-14-20-17-10-21(14)2/h8,10,12H,3-7,9H2,1-2H3,(H,18,19,23)/t12-/m1/s1. The molecule has 1 aliphatic rings. The lowest BCUT2D eigenvalue weighted by Crippen LogP contribution is -2.39. The summed E-state index contributed by atoms with van der Waals surface area (Å²) in [6, 6.07) is 1.55. The van der Waals surface area contributed by atoms with E-state index in [-0.39, 0.29) is 17.4 Å². The number of likely N-dealkylation sites (tertiary alicyclic amines) is 1. The molecule has 1 aliphatic heterocycles. The molecule has 0 aliphatic carbocycles. The fraction of sp³-hybridized carbons (Fsp3) is 0.562. The number of carbonyl (C=O) groups is 1. The molecule has 3 rings (SSSR count). The maximum absolute atomic E-state index is 12.5. The first-order valence-electron chi connectivity index (χ1n) is 8.21. The van der Waals surface area contributed by atoms with E-state index in [1.165, 1.54) is 0 Å². The van der Waals surface area contributed by atoms with Crippen molar-refractivity contribution in [1.29, 1.82) is 0 Å². The summed E-state index contributed by atoms with van der Waals surface area (Å²) >= 11 is 0. The van der Waals surface area contributed by atoms with E-state index in [1.54, 1.807) is 19.3 Å². The van der Waals surface area contributed by atoms with Crippen LogP contribution in [-0.4, -0.2) is 48.6 Å². The quantitative estimate of drug-likeness (QED) is 0.883. The van der Waals surface area contributed by atoms with Crippen molar-refractivity contribution >= 4 is 5.91 Å². The first kappa shape index (κ1) is 16.4. The van der Waals surface area contributed by atoms with Gasteiger partial charge in [0.25, 0.3) is 5.56 Å². The summed E-state index contributed by atoms with van der Waals surface area (Å²) in [6.07, 6.45) is 4.51. The molecule has 1 saturated heterocycles. The molecule has 8 nitrogen and oxygen atoms in total. The van der Waals surface area contributed by atoms with E-state index in [9.17, 15) is 9.59 Å². The van der Waals surface area contributed by atoms with Crippen molar-refractivity contribution in [3.8, 4) is 0 Å². The largest absolute Gasteiger partial charge is 0.342 e. The third-order valence-corrected chi connectivity index (χ3v) is 4.44. The highest BCUT2D eigenvalue weighted by Crippen LogP contribution is 2.25. The molecule has 0 spiro atoms. The van der Waals surface area contributed by atoms with E-state index >= 15 is 0 Å². The summed E-state index contributed by atoms with van der Waals surface area (Å²) in [6.45, 7) is 3.15. The first-order valence-corrected chi connectivity index (χ1v) is 8.21. The number of H-pyrrole nitrogens is 1. The second-order valence-corrected chi connectivity index (χ2v) is 6.29. The number of aromatic nitrogens is 5. The Hall–Kier alpha value is -2.51. The van der Waals surface area contributed by atoms with Gasteiger partial charge in [-0.1, -0.05) is 0 Å². The van der Waals surface area contributed by atoms with Crippen molar-refractivity contribution in [3.63, 3.8) is 0 Å². The number of hydrogen-bond acceptors (Lipinski definition) is 5. The molecular weight excluding hydrogens is 308 g/mol. The zero-order chi connectivity index (χ0) is 17.1. The lowest BCUT2D eigenvalue weighted by molar-refractivity contribution is -0.132. The molecule has 1 N–H and O–H groups in total. The lowest BCUT2D eigenvalue weighted by Gasteiger charge is -2.32. The van der Waals surface area contributed by atoms with Crippen LogP contribution in [0.3, 0.4) is 0 Å². The zero-order valence-electron chi connectivity index (χ0n) is 14.0. The van der Waals surface area contributed by atoms with E-state index in [1.807, 2.05) is 16.5 Å². The van der Waals surface area contributed by atoms with Gasteiger partial charge in [0.2, 0.25) is 5.91 Å². The van der Waals surface area contributed by atoms with Gasteiger partial charge >= 0.3 is 0 Å². The van der Waals surface area contributed by atoms with Crippen molar-refractivity contribution in [2.75, 3.05) is 13.1 Å². The molecule has 0 radical (unpaired) electrons. The third kappa shape index (κ3) is 3.69. The second kappa shape index (κ2) is 6.94. The minimum Gasteiger partial charge on any atom is -0.342 e. The normalized spacial score (nSPS) is 17.9. The molecule has 24 heavy (non-hydrogen) atoms. The van der Waals surface area contributed by atoms with Gasteiger partial charge in [-0.05, 0) is 19.8 Å². The number of piperidine rings is 1. The predicted molar refractivity (Wildman–Crippen MR) is 87.5 cm³/mol. The summed E-state index contributed by atoms with van der Waals surface area (Å²) in [5, 5.41) is 7.84. The molecule has 2 aromatic heterocycles. The Morgan fingerprint density at radius 3 is 3.00 bits per heavy atom. The van der Waals surface area contributed by atoms with Gasteiger partial charge in [-0.25, -0.2) is 4.98 Å². The Kier molecular flexibility index (Phi) is 4.73. The Morgan fingerprint density at radius 2 is 2.29 bits per heavy atom. The van der Waals surface area contributed by atoms with Crippen LogP contribution in [0.25, 0.3) is 0 Å². The molecule has 0 aromatic carbocycles. The van der Waals surface area contributed by atoms with Crippen molar-refractivity contribution in [1.82, 2.24) is 29.6 Å². The maximum atomic E-state index is 12.5. The van der Waals surface area contributed by atoms with E-state index in [0.717, 1.165) is 30.9 Å². The van der Waals surface area contributed by atoms with Crippen LogP contribution in [0.15, 0.2) is 17.2 Å². The number of aromatic amines is 1. The van der Waals surface area contributed by atoms with Crippen molar-refractivity contribution in [2.24, 2.45) is 7.05 Å². The van der Waals surface area contributed by atoms with Gasteiger partial charge in [-0.3, -0.25) is 9.59 Å². The molecule has 1 fully saturated rings. The minimum atomic E-state index is -0.136. The van der Waals surface area contributed by atoms with Gasteiger partial charge < -0.3 is 14.5 Å². The number of aryl methyl sites for hydroxylation is 3. The van der Waals surface area contributed by atoms with Crippen LogP contribution in [0.1, 0.15) is 42.5 Å². The van der Waals surface area contributed by atoms with Crippen LogP contribution in [-0.2, 0) is 18.3 Å². The SMILES string of the molecule is Cc1nc([C@@H]2CCCN(C(=O)CCc3nncn3C)C2)cc(=O)[nH]1. The van der Waals surface area contributed by atoms with Gasteiger partial charge in [-0.15, -0.1) is 10.2 Å². The van der Waals surface area contributed by atoms with Gasteiger partial charge in [0.05, 0.1) is 5.69 Å². The first-order chi connectivity index (χ1) is 11.5. The highest BCUT2D eigenvalue weighted by Gasteiger charge is 2.26. The summed E-state index contributed by atoms with van der Waals surface area (Å²) in [4.78, 5) is 33.1. The van der Waals surface area contributed by atoms with Crippen LogP contribution in [0.4, 0.5) is 0 Å². The van der Waals surface area contributed by atoms with Crippen molar-refractivity contribution < 1.29 is 4.79 Å². The summed E-state index contributed by atoms with van der Waals surface area (Å²) < 4.78 is 1.83.